The predicted molar refractivity (Wildman–Crippen MR) is 64.8 cm³/mol. The highest BCUT2D eigenvalue weighted by Gasteiger charge is 2.17. The highest BCUT2D eigenvalue weighted by Crippen LogP contribution is 2.38. The first-order valence-corrected chi connectivity index (χ1v) is 6.50. The molecule has 74 valence electrons. The molecule has 1 aromatic heterocycles. The van der Waals surface area contributed by atoms with E-state index < -0.39 is 0 Å². The molecule has 0 bridgehead atoms. The SMILES string of the molecule is CCC(C)C(Cl)c1cc(C)c(Br)s1. The number of alkyl halides is 1. The van der Waals surface area contributed by atoms with Crippen molar-refractivity contribution in [3.63, 3.8) is 0 Å². The molecule has 0 spiro atoms. The van der Waals surface area contributed by atoms with E-state index in [-0.39, 0.29) is 5.38 Å². The fourth-order valence-electron chi connectivity index (χ4n) is 1.11. The molecule has 0 nitrogen and oxygen atoms in total. The Hall–Kier alpha value is 0.470. The van der Waals surface area contributed by atoms with Crippen molar-refractivity contribution >= 4 is 38.9 Å². The van der Waals surface area contributed by atoms with Gasteiger partial charge in [-0.2, -0.15) is 0 Å². The molecule has 0 N–H and O–H groups in total. The van der Waals surface area contributed by atoms with Crippen LogP contribution in [-0.2, 0) is 0 Å². The van der Waals surface area contributed by atoms with Gasteiger partial charge in [-0.25, -0.2) is 0 Å². The zero-order chi connectivity index (χ0) is 10.0. The van der Waals surface area contributed by atoms with Gasteiger partial charge >= 0.3 is 0 Å². The van der Waals surface area contributed by atoms with Crippen molar-refractivity contribution in [3.05, 3.63) is 20.3 Å². The third-order valence-corrected chi connectivity index (χ3v) is 5.31. The first kappa shape index (κ1) is 11.5. The van der Waals surface area contributed by atoms with E-state index in [0.717, 1.165) is 6.42 Å². The molecule has 0 saturated carbocycles. The number of thiophene rings is 1. The van der Waals surface area contributed by atoms with Crippen LogP contribution in [0.15, 0.2) is 9.85 Å². The van der Waals surface area contributed by atoms with Crippen LogP contribution in [0, 0.1) is 12.8 Å². The molecule has 0 radical (unpaired) electrons. The standard InChI is InChI=1S/C10H14BrClS/c1-4-6(2)9(12)8-5-7(3)10(11)13-8/h5-6,9H,4H2,1-3H3. The second-order valence-electron chi connectivity index (χ2n) is 3.39. The number of rotatable bonds is 3. The predicted octanol–water partition coefficient (Wildman–Crippen LogP) is 5.15. The second kappa shape index (κ2) is 4.81. The minimum atomic E-state index is 0.167. The summed E-state index contributed by atoms with van der Waals surface area (Å²) >= 11 is 11.6. The molecule has 0 amide bonds. The highest BCUT2D eigenvalue weighted by atomic mass is 79.9. The van der Waals surface area contributed by atoms with E-state index >= 15 is 0 Å². The van der Waals surface area contributed by atoms with E-state index in [0.29, 0.717) is 5.92 Å². The molecular formula is C10H14BrClS. The Bertz CT molecular complexity index is 263. The summed E-state index contributed by atoms with van der Waals surface area (Å²) in [5.41, 5.74) is 1.29. The summed E-state index contributed by atoms with van der Waals surface area (Å²) in [4.78, 5) is 1.28. The lowest BCUT2D eigenvalue weighted by atomic mass is 10.0. The van der Waals surface area contributed by atoms with Crippen molar-refractivity contribution in [3.8, 4) is 0 Å². The summed E-state index contributed by atoms with van der Waals surface area (Å²) < 4.78 is 1.21. The van der Waals surface area contributed by atoms with E-state index in [9.17, 15) is 0 Å². The van der Waals surface area contributed by atoms with Crippen LogP contribution >= 0.6 is 38.9 Å². The Morgan fingerprint density at radius 1 is 1.62 bits per heavy atom. The number of aryl methyl sites for hydroxylation is 1. The molecule has 0 aliphatic heterocycles. The molecule has 0 aliphatic rings. The molecule has 0 fully saturated rings. The monoisotopic (exact) mass is 280 g/mol. The summed E-state index contributed by atoms with van der Waals surface area (Å²) in [7, 11) is 0. The van der Waals surface area contributed by atoms with Crippen LogP contribution in [0.25, 0.3) is 0 Å². The minimum absolute atomic E-state index is 0.167. The lowest BCUT2D eigenvalue weighted by Gasteiger charge is -2.13. The van der Waals surface area contributed by atoms with Gasteiger partial charge in [-0.1, -0.05) is 20.3 Å². The zero-order valence-corrected chi connectivity index (χ0v) is 11.3. The number of hydrogen-bond donors (Lipinski definition) is 0. The van der Waals surface area contributed by atoms with Crippen LogP contribution in [0.2, 0.25) is 0 Å². The van der Waals surface area contributed by atoms with Gasteiger partial charge in [0.25, 0.3) is 0 Å². The Balaban J connectivity index is 2.82. The molecular weight excluding hydrogens is 268 g/mol. The molecule has 3 heteroatoms. The van der Waals surface area contributed by atoms with Gasteiger partial charge in [0.15, 0.2) is 0 Å². The summed E-state index contributed by atoms with van der Waals surface area (Å²) in [5, 5.41) is 0.167. The second-order valence-corrected chi connectivity index (χ2v) is 6.26. The summed E-state index contributed by atoms with van der Waals surface area (Å²) in [5.74, 6) is 0.548. The van der Waals surface area contributed by atoms with Crippen LogP contribution in [0.1, 0.15) is 36.1 Å². The van der Waals surface area contributed by atoms with Crippen LogP contribution in [0.4, 0.5) is 0 Å². The summed E-state index contributed by atoms with van der Waals surface area (Å²) in [6.07, 6.45) is 1.13. The van der Waals surface area contributed by atoms with E-state index in [1.807, 2.05) is 0 Å². The Labute approximate surface area is 97.4 Å². The Morgan fingerprint density at radius 3 is 2.62 bits per heavy atom. The maximum Gasteiger partial charge on any atom is 0.0731 e. The van der Waals surface area contributed by atoms with Gasteiger partial charge in [0.1, 0.15) is 0 Å². The van der Waals surface area contributed by atoms with E-state index in [2.05, 4.69) is 42.8 Å². The Morgan fingerprint density at radius 2 is 2.23 bits per heavy atom. The number of hydrogen-bond acceptors (Lipinski definition) is 1. The summed E-state index contributed by atoms with van der Waals surface area (Å²) in [6.45, 7) is 6.47. The van der Waals surface area contributed by atoms with Crippen molar-refractivity contribution in [2.45, 2.75) is 32.6 Å². The van der Waals surface area contributed by atoms with Crippen LogP contribution in [-0.4, -0.2) is 0 Å². The van der Waals surface area contributed by atoms with Gasteiger partial charge in [-0.05, 0) is 40.4 Å². The molecule has 1 rings (SSSR count). The quantitative estimate of drug-likeness (QED) is 0.673. The zero-order valence-electron chi connectivity index (χ0n) is 8.10. The van der Waals surface area contributed by atoms with E-state index in [1.54, 1.807) is 11.3 Å². The molecule has 2 atom stereocenters. The highest BCUT2D eigenvalue weighted by molar-refractivity contribution is 9.11. The van der Waals surface area contributed by atoms with Crippen molar-refractivity contribution in [1.82, 2.24) is 0 Å². The largest absolute Gasteiger partial charge is 0.131 e. The molecule has 13 heavy (non-hydrogen) atoms. The molecule has 0 saturated heterocycles. The van der Waals surface area contributed by atoms with E-state index in [4.69, 9.17) is 11.6 Å². The van der Waals surface area contributed by atoms with Gasteiger partial charge < -0.3 is 0 Å². The van der Waals surface area contributed by atoms with Gasteiger partial charge in [-0.3, -0.25) is 0 Å². The van der Waals surface area contributed by atoms with Crippen molar-refractivity contribution in [2.24, 2.45) is 5.92 Å². The number of halogens is 2. The first-order chi connectivity index (χ1) is 6.06. The third-order valence-electron chi connectivity index (χ3n) is 2.29. The van der Waals surface area contributed by atoms with E-state index in [1.165, 1.54) is 14.2 Å². The van der Waals surface area contributed by atoms with Crippen molar-refractivity contribution in [2.75, 3.05) is 0 Å². The maximum absolute atomic E-state index is 6.33. The smallest absolute Gasteiger partial charge is 0.0731 e. The van der Waals surface area contributed by atoms with Gasteiger partial charge in [-0.15, -0.1) is 22.9 Å². The lowest BCUT2D eigenvalue weighted by molar-refractivity contribution is 0.547. The maximum atomic E-state index is 6.33. The van der Waals surface area contributed by atoms with Gasteiger partial charge in [0.05, 0.1) is 9.16 Å². The molecule has 1 aromatic rings. The Kier molecular flexibility index (Phi) is 4.27. The van der Waals surface area contributed by atoms with Gasteiger partial charge in [0.2, 0.25) is 0 Å². The van der Waals surface area contributed by atoms with Gasteiger partial charge in [0, 0.05) is 4.88 Å². The topological polar surface area (TPSA) is 0 Å². The summed E-state index contributed by atoms with van der Waals surface area (Å²) in [6, 6.07) is 2.18. The average molecular weight is 282 g/mol. The fourth-order valence-corrected chi connectivity index (χ4v) is 3.16. The fraction of sp³-hybridized carbons (Fsp3) is 0.600. The third kappa shape index (κ3) is 2.71. The minimum Gasteiger partial charge on any atom is -0.131 e. The van der Waals surface area contributed by atoms with Crippen molar-refractivity contribution < 1.29 is 0 Å². The normalized spacial score (nSPS) is 15.8. The average Bonchev–Trinajstić information content (AvgIpc) is 2.44. The van der Waals surface area contributed by atoms with Crippen LogP contribution in [0.3, 0.4) is 0 Å². The molecule has 0 aliphatic carbocycles. The molecule has 1 heterocycles. The van der Waals surface area contributed by atoms with Crippen LogP contribution in [0.5, 0.6) is 0 Å². The van der Waals surface area contributed by atoms with Crippen LogP contribution < -0.4 is 0 Å². The molecule has 0 aromatic carbocycles. The first-order valence-electron chi connectivity index (χ1n) is 4.46. The molecule has 2 unspecified atom stereocenters. The van der Waals surface area contributed by atoms with Crippen molar-refractivity contribution in [1.29, 1.82) is 0 Å². The lowest BCUT2D eigenvalue weighted by Crippen LogP contribution is -2.00.